The highest BCUT2D eigenvalue weighted by Gasteiger charge is 2.20. The lowest BCUT2D eigenvalue weighted by Gasteiger charge is -2.37. The molecule has 0 spiro atoms. The summed E-state index contributed by atoms with van der Waals surface area (Å²) in [6.07, 6.45) is -0.636. The molecule has 0 radical (unpaired) electrons. The topological polar surface area (TPSA) is 84.2 Å². The number of benzene rings is 2. The summed E-state index contributed by atoms with van der Waals surface area (Å²) < 4.78 is 0. The molecule has 0 aliphatic carbocycles. The summed E-state index contributed by atoms with van der Waals surface area (Å²) in [5, 5.41) is 28.7. The highest BCUT2D eigenvalue weighted by Crippen LogP contribution is 2.21. The third-order valence-electron chi connectivity index (χ3n) is 4.56. The van der Waals surface area contributed by atoms with Crippen LogP contribution in [0, 0.1) is 0 Å². The number of hydrogen-bond donors (Lipinski definition) is 3. The molecule has 1 aliphatic heterocycles. The van der Waals surface area contributed by atoms with E-state index in [0.717, 1.165) is 37.4 Å². The van der Waals surface area contributed by atoms with E-state index in [9.17, 15) is 15.0 Å². The minimum Gasteiger partial charge on any atom is -0.508 e. The van der Waals surface area contributed by atoms with Gasteiger partial charge in [-0.2, -0.15) is 0 Å². The predicted molar refractivity (Wildman–Crippen MR) is 95.1 cm³/mol. The van der Waals surface area contributed by atoms with Crippen molar-refractivity contribution in [3.8, 4) is 5.75 Å². The first-order valence-electron chi connectivity index (χ1n) is 8.30. The smallest absolute Gasteiger partial charge is 0.335 e. The molecule has 132 valence electrons. The summed E-state index contributed by atoms with van der Waals surface area (Å²) >= 11 is 0. The molecular weight excluding hydrogens is 320 g/mol. The van der Waals surface area contributed by atoms with Crippen molar-refractivity contribution in [1.29, 1.82) is 0 Å². The van der Waals surface area contributed by atoms with Gasteiger partial charge in [0.1, 0.15) is 5.75 Å². The average Bonchev–Trinajstić information content (AvgIpc) is 2.63. The van der Waals surface area contributed by atoms with Gasteiger partial charge >= 0.3 is 5.97 Å². The maximum absolute atomic E-state index is 10.9. The van der Waals surface area contributed by atoms with Crippen molar-refractivity contribution in [2.75, 3.05) is 37.6 Å². The fourth-order valence-corrected chi connectivity index (χ4v) is 3.05. The summed E-state index contributed by atoms with van der Waals surface area (Å²) in [6, 6.07) is 13.6. The maximum Gasteiger partial charge on any atom is 0.335 e. The molecule has 0 aromatic heterocycles. The molecule has 25 heavy (non-hydrogen) atoms. The average molecular weight is 342 g/mol. The van der Waals surface area contributed by atoms with Gasteiger partial charge in [0.15, 0.2) is 0 Å². The second-order valence-electron chi connectivity index (χ2n) is 6.25. The number of nitrogens with zero attached hydrogens (tertiary/aromatic N) is 2. The van der Waals surface area contributed by atoms with Gasteiger partial charge in [0, 0.05) is 38.4 Å². The fourth-order valence-electron chi connectivity index (χ4n) is 3.05. The van der Waals surface area contributed by atoms with E-state index < -0.39 is 12.1 Å². The van der Waals surface area contributed by atoms with Crippen LogP contribution >= 0.6 is 0 Å². The minimum absolute atomic E-state index is 0.221. The van der Waals surface area contributed by atoms with Crippen molar-refractivity contribution < 1.29 is 20.1 Å². The van der Waals surface area contributed by atoms with Crippen LogP contribution in [-0.2, 0) is 0 Å². The van der Waals surface area contributed by atoms with Gasteiger partial charge < -0.3 is 20.2 Å². The van der Waals surface area contributed by atoms with Crippen LogP contribution < -0.4 is 4.90 Å². The van der Waals surface area contributed by atoms with E-state index in [1.54, 1.807) is 24.3 Å². The first kappa shape index (κ1) is 17.3. The summed E-state index contributed by atoms with van der Waals surface area (Å²) in [5.74, 6) is -0.703. The standard InChI is InChI=1S/C19H22N2O4/c22-17-7-5-16(6-8-17)21-11-9-20(10-12-21)13-18(23)14-1-3-15(4-2-14)19(24)25/h1-8,18,22-23H,9-13H2,(H,24,25). The number of rotatable bonds is 5. The monoisotopic (exact) mass is 342 g/mol. The Morgan fingerprint density at radius 1 is 0.960 bits per heavy atom. The number of aromatic hydroxyl groups is 1. The van der Waals surface area contributed by atoms with Gasteiger partial charge in [-0.15, -0.1) is 0 Å². The van der Waals surface area contributed by atoms with Crippen molar-refractivity contribution in [2.45, 2.75) is 6.10 Å². The molecule has 0 amide bonds. The number of β-amino-alcohol motifs (C(OH)–C–C–N with tert-alkyl or cyclic N) is 1. The molecule has 3 rings (SSSR count). The molecule has 6 nitrogen and oxygen atoms in total. The van der Waals surface area contributed by atoms with E-state index in [1.165, 1.54) is 12.1 Å². The lowest BCUT2D eigenvalue weighted by atomic mass is 10.1. The van der Waals surface area contributed by atoms with Gasteiger partial charge in [0.25, 0.3) is 0 Å². The Morgan fingerprint density at radius 2 is 1.56 bits per heavy atom. The molecule has 2 aromatic rings. The Kier molecular flexibility index (Phi) is 5.21. The summed E-state index contributed by atoms with van der Waals surface area (Å²) in [6.45, 7) is 3.91. The molecule has 1 unspecified atom stereocenters. The van der Waals surface area contributed by atoms with E-state index in [0.29, 0.717) is 6.54 Å². The van der Waals surface area contributed by atoms with E-state index in [2.05, 4.69) is 9.80 Å². The molecule has 1 saturated heterocycles. The van der Waals surface area contributed by atoms with Crippen LogP contribution in [0.3, 0.4) is 0 Å². The van der Waals surface area contributed by atoms with Crippen molar-refractivity contribution in [1.82, 2.24) is 4.90 Å². The highest BCUT2D eigenvalue weighted by molar-refractivity contribution is 5.87. The number of phenolic OH excluding ortho intramolecular Hbond substituents is 1. The van der Waals surface area contributed by atoms with E-state index in [4.69, 9.17) is 5.11 Å². The molecule has 6 heteroatoms. The van der Waals surface area contributed by atoms with Crippen LogP contribution in [-0.4, -0.2) is 58.9 Å². The number of carboxylic acids is 1. The predicted octanol–water partition coefficient (Wildman–Crippen LogP) is 1.95. The normalized spacial score (nSPS) is 16.6. The molecule has 1 heterocycles. The zero-order chi connectivity index (χ0) is 17.8. The molecule has 2 aromatic carbocycles. The van der Waals surface area contributed by atoms with Gasteiger partial charge in [-0.1, -0.05) is 12.1 Å². The lowest BCUT2D eigenvalue weighted by Crippen LogP contribution is -2.47. The Balaban J connectivity index is 1.53. The number of hydrogen-bond acceptors (Lipinski definition) is 5. The number of aromatic carboxylic acids is 1. The Bertz CT molecular complexity index is 707. The van der Waals surface area contributed by atoms with Crippen molar-refractivity contribution >= 4 is 11.7 Å². The van der Waals surface area contributed by atoms with Gasteiger partial charge in [-0.25, -0.2) is 4.79 Å². The quantitative estimate of drug-likeness (QED) is 0.770. The zero-order valence-corrected chi connectivity index (χ0v) is 13.9. The third kappa shape index (κ3) is 4.29. The molecule has 1 atom stereocenters. The molecule has 1 fully saturated rings. The number of aliphatic hydroxyl groups is 1. The Hall–Kier alpha value is -2.57. The number of carboxylic acid groups (broad SMARTS) is 1. The minimum atomic E-state index is -0.966. The third-order valence-corrected chi connectivity index (χ3v) is 4.56. The van der Waals surface area contributed by atoms with E-state index in [1.807, 2.05) is 12.1 Å². The van der Waals surface area contributed by atoms with Crippen LogP contribution in [0.1, 0.15) is 22.0 Å². The van der Waals surface area contributed by atoms with Crippen molar-refractivity contribution in [3.63, 3.8) is 0 Å². The maximum atomic E-state index is 10.9. The van der Waals surface area contributed by atoms with Gasteiger partial charge in [-0.3, -0.25) is 4.90 Å². The number of phenols is 1. The lowest BCUT2D eigenvalue weighted by molar-refractivity contribution is 0.0696. The summed E-state index contributed by atoms with van der Waals surface area (Å²) in [7, 11) is 0. The van der Waals surface area contributed by atoms with Gasteiger partial charge in [0.2, 0.25) is 0 Å². The molecule has 1 aliphatic rings. The molecule has 3 N–H and O–H groups in total. The second-order valence-corrected chi connectivity index (χ2v) is 6.25. The zero-order valence-electron chi connectivity index (χ0n) is 13.9. The number of piperazine rings is 1. The highest BCUT2D eigenvalue weighted by atomic mass is 16.4. The van der Waals surface area contributed by atoms with Gasteiger partial charge in [0.05, 0.1) is 11.7 Å². The van der Waals surface area contributed by atoms with Gasteiger partial charge in [-0.05, 0) is 42.0 Å². The first-order chi connectivity index (χ1) is 12.0. The van der Waals surface area contributed by atoms with Crippen LogP contribution in [0.25, 0.3) is 0 Å². The Morgan fingerprint density at radius 3 is 2.12 bits per heavy atom. The molecule has 0 saturated carbocycles. The van der Waals surface area contributed by atoms with Crippen LogP contribution in [0.15, 0.2) is 48.5 Å². The first-order valence-corrected chi connectivity index (χ1v) is 8.30. The SMILES string of the molecule is O=C(O)c1ccc(C(O)CN2CCN(c3ccc(O)cc3)CC2)cc1. The second kappa shape index (κ2) is 7.55. The fraction of sp³-hybridized carbons (Fsp3) is 0.316. The summed E-state index contributed by atoms with van der Waals surface area (Å²) in [4.78, 5) is 15.3. The van der Waals surface area contributed by atoms with Crippen LogP contribution in [0.2, 0.25) is 0 Å². The largest absolute Gasteiger partial charge is 0.508 e. The van der Waals surface area contributed by atoms with Crippen LogP contribution in [0.4, 0.5) is 5.69 Å². The number of carbonyl (C=O) groups is 1. The van der Waals surface area contributed by atoms with Crippen LogP contribution in [0.5, 0.6) is 5.75 Å². The molecular formula is C19H22N2O4. The molecule has 0 bridgehead atoms. The Labute approximate surface area is 146 Å². The number of aliphatic hydroxyl groups excluding tert-OH is 1. The number of anilines is 1. The van der Waals surface area contributed by atoms with E-state index in [-0.39, 0.29) is 11.3 Å². The van der Waals surface area contributed by atoms with E-state index >= 15 is 0 Å². The van der Waals surface area contributed by atoms with Crippen molar-refractivity contribution in [3.05, 3.63) is 59.7 Å². The summed E-state index contributed by atoms with van der Waals surface area (Å²) in [5.41, 5.74) is 2.03. The van der Waals surface area contributed by atoms with Crippen molar-refractivity contribution in [2.24, 2.45) is 0 Å².